The Labute approximate surface area is 188 Å². The van der Waals surface area contributed by atoms with Crippen LogP contribution in [0, 0.1) is 5.41 Å². The van der Waals surface area contributed by atoms with Gasteiger partial charge in [-0.25, -0.2) is 0 Å². The Morgan fingerprint density at radius 3 is 2.61 bits per heavy atom. The molecular weight excluding hydrogens is 467 g/mol. The van der Waals surface area contributed by atoms with Gasteiger partial charge >= 0.3 is 0 Å². The predicted octanol–water partition coefficient (Wildman–Crippen LogP) is 3.55. The summed E-state index contributed by atoms with van der Waals surface area (Å²) in [5, 5.41) is 6.82. The Bertz CT molecular complexity index is 481. The molecule has 1 aliphatic carbocycles. The highest BCUT2D eigenvalue weighted by Gasteiger charge is 2.33. The van der Waals surface area contributed by atoms with Gasteiger partial charge in [0.05, 0.1) is 0 Å². The maximum atomic E-state index is 12.5. The summed E-state index contributed by atoms with van der Waals surface area (Å²) in [7, 11) is 1.80. The lowest BCUT2D eigenvalue weighted by molar-refractivity contribution is -0.134. The van der Waals surface area contributed by atoms with Crippen LogP contribution in [0.25, 0.3) is 0 Å². The quantitative estimate of drug-likeness (QED) is 0.217. The minimum atomic E-state index is 0. The number of guanidine groups is 1. The monoisotopic (exact) mass is 508 g/mol. The second-order valence-electron chi connectivity index (χ2n) is 8.19. The molecule has 1 atom stereocenters. The largest absolute Gasteiger partial charge is 0.382 e. The van der Waals surface area contributed by atoms with Gasteiger partial charge in [-0.1, -0.05) is 12.8 Å². The molecule has 0 bridgehead atoms. The zero-order valence-electron chi connectivity index (χ0n) is 18.1. The van der Waals surface area contributed by atoms with Crippen LogP contribution in [0.2, 0.25) is 0 Å². The molecule has 2 fully saturated rings. The van der Waals surface area contributed by atoms with Gasteiger partial charge in [0.2, 0.25) is 5.91 Å². The number of piperidine rings is 1. The highest BCUT2D eigenvalue weighted by atomic mass is 127. The van der Waals surface area contributed by atoms with Gasteiger partial charge in [0.1, 0.15) is 0 Å². The Morgan fingerprint density at radius 2 is 1.96 bits per heavy atom. The van der Waals surface area contributed by atoms with E-state index in [-0.39, 0.29) is 29.9 Å². The zero-order chi connectivity index (χ0) is 19.5. The smallest absolute Gasteiger partial charge is 0.224 e. The predicted molar refractivity (Wildman–Crippen MR) is 126 cm³/mol. The fraction of sp³-hybridized carbons (Fsp3) is 0.905. The normalized spacial score (nSPS) is 21.9. The fourth-order valence-electron chi connectivity index (χ4n) is 4.47. The molecule has 2 aliphatic rings. The first-order valence-corrected chi connectivity index (χ1v) is 10.9. The van der Waals surface area contributed by atoms with E-state index in [0.717, 1.165) is 51.5 Å². The van der Waals surface area contributed by atoms with Crippen molar-refractivity contribution in [2.45, 2.75) is 77.7 Å². The summed E-state index contributed by atoms with van der Waals surface area (Å²) in [5.41, 5.74) is 0.325. The van der Waals surface area contributed by atoms with Crippen molar-refractivity contribution in [3.8, 4) is 0 Å². The number of ether oxygens (including phenoxy) is 1. The topological polar surface area (TPSA) is 66.0 Å². The minimum absolute atomic E-state index is 0. The summed E-state index contributed by atoms with van der Waals surface area (Å²) in [4.78, 5) is 18.8. The van der Waals surface area contributed by atoms with E-state index in [9.17, 15) is 4.79 Å². The van der Waals surface area contributed by atoms with Gasteiger partial charge in [0.25, 0.3) is 0 Å². The molecule has 164 valence electrons. The summed E-state index contributed by atoms with van der Waals surface area (Å²) in [6, 6.07) is 0.385. The molecular formula is C21H41IN4O2. The van der Waals surface area contributed by atoms with Crippen molar-refractivity contribution in [3.63, 3.8) is 0 Å². The summed E-state index contributed by atoms with van der Waals surface area (Å²) < 4.78 is 5.60. The number of hydrogen-bond acceptors (Lipinski definition) is 3. The van der Waals surface area contributed by atoms with Crippen molar-refractivity contribution in [2.75, 3.05) is 39.9 Å². The van der Waals surface area contributed by atoms with Gasteiger partial charge < -0.3 is 20.3 Å². The lowest BCUT2D eigenvalue weighted by atomic mass is 9.83. The highest BCUT2D eigenvalue weighted by Crippen LogP contribution is 2.40. The molecule has 0 aromatic rings. The van der Waals surface area contributed by atoms with E-state index < -0.39 is 0 Å². The Kier molecular flexibility index (Phi) is 12.4. The number of hydrogen-bond donors (Lipinski definition) is 2. The highest BCUT2D eigenvalue weighted by molar-refractivity contribution is 14.0. The maximum Gasteiger partial charge on any atom is 0.224 e. The van der Waals surface area contributed by atoms with Crippen molar-refractivity contribution in [1.29, 1.82) is 0 Å². The second-order valence-corrected chi connectivity index (χ2v) is 8.19. The zero-order valence-corrected chi connectivity index (χ0v) is 20.4. The summed E-state index contributed by atoms with van der Waals surface area (Å²) >= 11 is 0. The summed E-state index contributed by atoms with van der Waals surface area (Å²) in [5.74, 6) is 1.06. The molecule has 7 heteroatoms. The molecule has 0 aromatic carbocycles. The lowest BCUT2D eigenvalue weighted by Crippen LogP contribution is -2.46. The van der Waals surface area contributed by atoms with E-state index in [1.807, 2.05) is 4.90 Å². The Morgan fingerprint density at radius 1 is 1.21 bits per heavy atom. The number of amides is 1. The van der Waals surface area contributed by atoms with E-state index >= 15 is 0 Å². The fourth-order valence-corrected chi connectivity index (χ4v) is 4.47. The van der Waals surface area contributed by atoms with Crippen LogP contribution in [0.1, 0.15) is 71.6 Å². The third-order valence-electron chi connectivity index (χ3n) is 6.25. The first kappa shape index (κ1) is 25.5. The molecule has 1 amide bonds. The van der Waals surface area contributed by atoms with E-state index in [1.54, 1.807) is 7.05 Å². The molecule has 1 saturated heterocycles. The van der Waals surface area contributed by atoms with Gasteiger partial charge in [-0.05, 0) is 57.8 Å². The molecule has 1 heterocycles. The Hall–Kier alpha value is -0.570. The van der Waals surface area contributed by atoms with Crippen molar-refractivity contribution in [2.24, 2.45) is 10.4 Å². The number of aliphatic imine (C=N–C) groups is 1. The number of carbonyl (C=O) groups excluding carboxylic acids is 1. The van der Waals surface area contributed by atoms with E-state index in [2.05, 4.69) is 29.5 Å². The number of nitrogens with zero attached hydrogens (tertiary/aromatic N) is 2. The third kappa shape index (κ3) is 8.05. The van der Waals surface area contributed by atoms with Crippen LogP contribution in [0.3, 0.4) is 0 Å². The van der Waals surface area contributed by atoms with Gasteiger partial charge in [-0.15, -0.1) is 24.0 Å². The van der Waals surface area contributed by atoms with Gasteiger partial charge in [-0.3, -0.25) is 9.79 Å². The molecule has 2 N–H and O–H groups in total. The van der Waals surface area contributed by atoms with E-state index in [0.29, 0.717) is 24.4 Å². The summed E-state index contributed by atoms with van der Waals surface area (Å²) in [6.07, 6.45) is 10.3. The van der Waals surface area contributed by atoms with Crippen molar-refractivity contribution < 1.29 is 9.53 Å². The Balaban J connectivity index is 0.00000392. The van der Waals surface area contributed by atoms with Crippen LogP contribution in [0.4, 0.5) is 0 Å². The van der Waals surface area contributed by atoms with Crippen LogP contribution in [0.15, 0.2) is 4.99 Å². The van der Waals surface area contributed by atoms with Crippen molar-refractivity contribution in [1.82, 2.24) is 15.5 Å². The van der Waals surface area contributed by atoms with Crippen LogP contribution < -0.4 is 10.6 Å². The molecule has 1 saturated carbocycles. The minimum Gasteiger partial charge on any atom is -0.382 e. The lowest BCUT2D eigenvalue weighted by Gasteiger charge is -2.33. The third-order valence-corrected chi connectivity index (χ3v) is 6.25. The molecule has 2 rings (SSSR count). The molecule has 0 aromatic heterocycles. The number of carbonyl (C=O) groups is 1. The molecule has 1 aliphatic heterocycles. The number of halogens is 1. The standard InChI is InChI=1S/C21H40N4O2.HI/c1-4-27-16-13-21(11-6-7-12-21)17-24-20(22-3)23-14-10-19(26)25-15-8-5-9-18(25)2;/h18H,4-17H2,1-3H3,(H2,22,23,24);1H. The average molecular weight is 508 g/mol. The van der Waals surface area contributed by atoms with E-state index in [4.69, 9.17) is 4.74 Å². The number of nitrogens with one attached hydrogen (secondary N) is 2. The SMILES string of the molecule is CCOCCC1(CNC(=NC)NCCC(=O)N2CCCCC2C)CCCC1.I. The van der Waals surface area contributed by atoms with Crippen LogP contribution in [-0.2, 0) is 9.53 Å². The van der Waals surface area contributed by atoms with Crippen LogP contribution in [-0.4, -0.2) is 62.7 Å². The van der Waals surface area contributed by atoms with Crippen LogP contribution in [0.5, 0.6) is 0 Å². The molecule has 0 radical (unpaired) electrons. The number of rotatable bonds is 9. The molecule has 0 spiro atoms. The van der Waals surface area contributed by atoms with Crippen molar-refractivity contribution >= 4 is 35.8 Å². The van der Waals surface area contributed by atoms with Gasteiger partial charge in [-0.2, -0.15) is 0 Å². The second kappa shape index (κ2) is 13.6. The molecule has 6 nitrogen and oxygen atoms in total. The first-order valence-electron chi connectivity index (χ1n) is 10.9. The first-order chi connectivity index (χ1) is 13.1. The molecule has 1 unspecified atom stereocenters. The maximum absolute atomic E-state index is 12.5. The van der Waals surface area contributed by atoms with E-state index in [1.165, 1.54) is 32.1 Å². The van der Waals surface area contributed by atoms with Gasteiger partial charge in [0, 0.05) is 52.4 Å². The summed E-state index contributed by atoms with van der Waals surface area (Å²) in [6.45, 7) is 8.31. The van der Waals surface area contributed by atoms with Gasteiger partial charge in [0.15, 0.2) is 5.96 Å². The van der Waals surface area contributed by atoms with Crippen molar-refractivity contribution in [3.05, 3.63) is 0 Å². The molecule has 28 heavy (non-hydrogen) atoms. The average Bonchev–Trinajstić information content (AvgIpc) is 3.14. The number of likely N-dealkylation sites (tertiary alicyclic amines) is 1. The van der Waals surface area contributed by atoms with Crippen LogP contribution >= 0.6 is 24.0 Å².